The van der Waals surface area contributed by atoms with E-state index in [2.05, 4.69) is 17.5 Å². The maximum absolute atomic E-state index is 10.7. The largest absolute Gasteiger partial charge is 0.478 e. The van der Waals surface area contributed by atoms with E-state index in [0.717, 1.165) is 17.8 Å². The fraction of sp³-hybridized carbons (Fsp3) is 0.250. The lowest BCUT2D eigenvalue weighted by atomic mass is 10.1. The topological polar surface area (TPSA) is 49.3 Å². The van der Waals surface area contributed by atoms with Gasteiger partial charge in [-0.05, 0) is 12.5 Å². The first-order chi connectivity index (χ1) is 7.75. The van der Waals surface area contributed by atoms with Gasteiger partial charge in [0.15, 0.2) is 0 Å². The standard InChI is InChI=1S/C12H13NO2S/c14-12(15)9-6-11(16-8-9)7-13-10-4-2-1-3-5-10/h1-4,6,8,10,13H,5,7H2,(H,14,15). The lowest BCUT2D eigenvalue weighted by Gasteiger charge is -2.13. The summed E-state index contributed by atoms with van der Waals surface area (Å²) in [6, 6.07) is 2.09. The Kier molecular flexibility index (Phi) is 3.54. The van der Waals surface area contributed by atoms with Gasteiger partial charge in [0.05, 0.1) is 5.56 Å². The molecule has 2 N–H and O–H groups in total. The summed E-state index contributed by atoms with van der Waals surface area (Å²) in [6.45, 7) is 0.723. The number of carboxylic acid groups (broad SMARTS) is 1. The molecule has 0 fully saturated rings. The van der Waals surface area contributed by atoms with E-state index in [1.165, 1.54) is 11.3 Å². The number of carbonyl (C=O) groups is 1. The van der Waals surface area contributed by atoms with Gasteiger partial charge in [0.2, 0.25) is 0 Å². The molecule has 1 heterocycles. The average Bonchev–Trinajstić information content (AvgIpc) is 2.76. The minimum atomic E-state index is -0.858. The number of allylic oxidation sites excluding steroid dienone is 2. The number of hydrogen-bond acceptors (Lipinski definition) is 3. The molecule has 1 unspecified atom stereocenters. The molecule has 1 aliphatic carbocycles. The van der Waals surface area contributed by atoms with Crippen LogP contribution in [0.4, 0.5) is 0 Å². The number of hydrogen-bond donors (Lipinski definition) is 2. The van der Waals surface area contributed by atoms with E-state index in [0.29, 0.717) is 11.6 Å². The Bertz CT molecular complexity index is 434. The highest BCUT2D eigenvalue weighted by Gasteiger charge is 2.08. The number of carboxylic acids is 1. The third kappa shape index (κ3) is 2.81. The van der Waals surface area contributed by atoms with Crippen LogP contribution in [0.5, 0.6) is 0 Å². The third-order valence-electron chi connectivity index (χ3n) is 2.42. The second-order valence-corrected chi connectivity index (χ2v) is 4.64. The van der Waals surface area contributed by atoms with Gasteiger partial charge >= 0.3 is 5.97 Å². The van der Waals surface area contributed by atoms with Crippen LogP contribution in [0, 0.1) is 0 Å². The van der Waals surface area contributed by atoms with Crippen molar-refractivity contribution in [1.29, 1.82) is 0 Å². The summed E-state index contributed by atoms with van der Waals surface area (Å²) in [5.41, 5.74) is 0.376. The Labute approximate surface area is 98.1 Å². The molecule has 0 aliphatic heterocycles. The molecule has 1 atom stereocenters. The number of rotatable bonds is 4. The molecule has 16 heavy (non-hydrogen) atoms. The Hall–Kier alpha value is -1.39. The van der Waals surface area contributed by atoms with Crippen LogP contribution in [0.25, 0.3) is 0 Å². The molecule has 4 heteroatoms. The molecule has 0 saturated carbocycles. The highest BCUT2D eigenvalue weighted by atomic mass is 32.1. The third-order valence-corrected chi connectivity index (χ3v) is 3.36. The number of nitrogens with one attached hydrogen (secondary N) is 1. The molecule has 84 valence electrons. The summed E-state index contributed by atoms with van der Waals surface area (Å²) in [5, 5.41) is 13.8. The zero-order valence-corrected chi connectivity index (χ0v) is 9.54. The summed E-state index contributed by atoms with van der Waals surface area (Å²) in [4.78, 5) is 11.7. The van der Waals surface area contributed by atoms with Crippen LogP contribution >= 0.6 is 11.3 Å². The zero-order valence-electron chi connectivity index (χ0n) is 8.72. The summed E-state index contributed by atoms with van der Waals surface area (Å²) < 4.78 is 0. The fourth-order valence-electron chi connectivity index (χ4n) is 1.55. The van der Waals surface area contributed by atoms with Crippen LogP contribution in [0.15, 0.2) is 35.8 Å². The molecule has 0 saturated heterocycles. The smallest absolute Gasteiger partial charge is 0.336 e. The van der Waals surface area contributed by atoms with Crippen molar-refractivity contribution in [2.75, 3.05) is 0 Å². The van der Waals surface area contributed by atoms with Crippen LogP contribution in [-0.2, 0) is 6.54 Å². The lowest BCUT2D eigenvalue weighted by molar-refractivity contribution is 0.0697. The van der Waals surface area contributed by atoms with Gasteiger partial charge < -0.3 is 10.4 Å². The SMILES string of the molecule is O=C(O)c1csc(CNC2C=CC=CC2)c1. The highest BCUT2D eigenvalue weighted by Crippen LogP contribution is 2.15. The Morgan fingerprint density at radius 3 is 3.06 bits per heavy atom. The van der Waals surface area contributed by atoms with Gasteiger partial charge in [0.1, 0.15) is 0 Å². The molecular formula is C12H13NO2S. The van der Waals surface area contributed by atoms with Crippen LogP contribution in [0.2, 0.25) is 0 Å². The highest BCUT2D eigenvalue weighted by molar-refractivity contribution is 7.10. The van der Waals surface area contributed by atoms with Gasteiger partial charge in [0.25, 0.3) is 0 Å². The molecule has 2 rings (SSSR count). The predicted molar refractivity (Wildman–Crippen MR) is 64.8 cm³/mol. The second kappa shape index (κ2) is 5.09. The molecule has 0 radical (unpaired) electrons. The molecule has 1 aromatic heterocycles. The van der Waals surface area contributed by atoms with Crippen molar-refractivity contribution in [3.63, 3.8) is 0 Å². The van der Waals surface area contributed by atoms with Gasteiger partial charge in [-0.3, -0.25) is 0 Å². The first kappa shape index (κ1) is 11.1. The zero-order chi connectivity index (χ0) is 11.4. The van der Waals surface area contributed by atoms with E-state index >= 15 is 0 Å². The summed E-state index contributed by atoms with van der Waals surface area (Å²) in [7, 11) is 0. The Balaban J connectivity index is 1.87. The van der Waals surface area contributed by atoms with Gasteiger partial charge in [-0.15, -0.1) is 11.3 Å². The van der Waals surface area contributed by atoms with Crippen LogP contribution in [-0.4, -0.2) is 17.1 Å². The van der Waals surface area contributed by atoms with E-state index in [1.807, 2.05) is 12.2 Å². The van der Waals surface area contributed by atoms with Crippen molar-refractivity contribution in [2.45, 2.75) is 19.0 Å². The first-order valence-electron chi connectivity index (χ1n) is 5.13. The summed E-state index contributed by atoms with van der Waals surface area (Å²) in [5.74, 6) is -0.858. The maximum atomic E-state index is 10.7. The predicted octanol–water partition coefficient (Wildman–Crippen LogP) is 2.42. The van der Waals surface area contributed by atoms with E-state index in [1.54, 1.807) is 11.4 Å². The van der Waals surface area contributed by atoms with Crippen molar-refractivity contribution >= 4 is 17.3 Å². The molecule has 0 bridgehead atoms. The minimum absolute atomic E-state index is 0.361. The lowest BCUT2D eigenvalue weighted by Crippen LogP contribution is -2.26. The first-order valence-corrected chi connectivity index (χ1v) is 6.01. The van der Waals surface area contributed by atoms with Crippen molar-refractivity contribution in [2.24, 2.45) is 0 Å². The van der Waals surface area contributed by atoms with Crippen molar-refractivity contribution in [3.8, 4) is 0 Å². The molecule has 1 aliphatic rings. The van der Waals surface area contributed by atoms with Gasteiger partial charge in [-0.25, -0.2) is 4.79 Å². The molecule has 3 nitrogen and oxygen atoms in total. The fourth-order valence-corrected chi connectivity index (χ4v) is 2.36. The average molecular weight is 235 g/mol. The molecule has 0 spiro atoms. The number of aromatic carboxylic acids is 1. The normalized spacial score (nSPS) is 18.9. The van der Waals surface area contributed by atoms with Crippen molar-refractivity contribution in [1.82, 2.24) is 5.32 Å². The molecular weight excluding hydrogens is 222 g/mol. The van der Waals surface area contributed by atoms with Gasteiger partial charge in [-0.2, -0.15) is 0 Å². The van der Waals surface area contributed by atoms with Gasteiger partial charge in [-0.1, -0.05) is 24.3 Å². The summed E-state index contributed by atoms with van der Waals surface area (Å²) in [6.07, 6.45) is 9.29. The van der Waals surface area contributed by atoms with E-state index < -0.39 is 5.97 Å². The van der Waals surface area contributed by atoms with Gasteiger partial charge in [0, 0.05) is 22.8 Å². The van der Waals surface area contributed by atoms with Crippen molar-refractivity contribution < 1.29 is 9.90 Å². The minimum Gasteiger partial charge on any atom is -0.478 e. The monoisotopic (exact) mass is 235 g/mol. The van der Waals surface area contributed by atoms with Crippen LogP contribution in [0.1, 0.15) is 21.7 Å². The van der Waals surface area contributed by atoms with Crippen LogP contribution in [0.3, 0.4) is 0 Å². The van der Waals surface area contributed by atoms with E-state index in [4.69, 9.17) is 5.11 Å². The quantitative estimate of drug-likeness (QED) is 0.842. The summed E-state index contributed by atoms with van der Waals surface area (Å²) >= 11 is 1.48. The molecule has 0 aromatic carbocycles. The van der Waals surface area contributed by atoms with Crippen molar-refractivity contribution in [3.05, 3.63) is 46.2 Å². The molecule has 1 aromatic rings. The van der Waals surface area contributed by atoms with E-state index in [-0.39, 0.29) is 0 Å². The number of thiophene rings is 1. The van der Waals surface area contributed by atoms with E-state index in [9.17, 15) is 4.79 Å². The van der Waals surface area contributed by atoms with Crippen LogP contribution < -0.4 is 5.32 Å². The molecule has 0 amide bonds. The Morgan fingerprint density at radius 2 is 2.44 bits per heavy atom. The maximum Gasteiger partial charge on any atom is 0.336 e. The Morgan fingerprint density at radius 1 is 1.56 bits per heavy atom. The second-order valence-electron chi connectivity index (χ2n) is 3.64.